The first-order chi connectivity index (χ1) is 6.93. The van der Waals surface area contributed by atoms with Crippen LogP contribution in [0.2, 0.25) is 0 Å². The number of fused-ring (bicyclic) bond motifs is 1. The lowest BCUT2D eigenvalue weighted by Crippen LogP contribution is -2.13. The van der Waals surface area contributed by atoms with Gasteiger partial charge in [0.15, 0.2) is 0 Å². The second-order valence-electron chi connectivity index (χ2n) is 3.90. The summed E-state index contributed by atoms with van der Waals surface area (Å²) in [6, 6.07) is 8.57. The molecule has 0 atom stereocenters. The summed E-state index contributed by atoms with van der Waals surface area (Å²) < 4.78 is 0. The minimum atomic E-state index is 1.09. The Morgan fingerprint density at radius 2 is 2.07 bits per heavy atom. The Kier molecular flexibility index (Phi) is 1.69. The van der Waals surface area contributed by atoms with Crippen LogP contribution in [0.15, 0.2) is 47.7 Å². The van der Waals surface area contributed by atoms with Gasteiger partial charge in [-0.15, -0.1) is 0 Å². The summed E-state index contributed by atoms with van der Waals surface area (Å²) in [5.74, 6) is 0. The van der Waals surface area contributed by atoms with E-state index in [2.05, 4.69) is 41.7 Å². The molecule has 0 saturated carbocycles. The van der Waals surface area contributed by atoms with Crippen molar-refractivity contribution in [2.75, 3.05) is 5.32 Å². The maximum atomic E-state index is 3.53. The third-order valence-electron chi connectivity index (χ3n) is 2.95. The molecule has 14 heavy (non-hydrogen) atoms. The quantitative estimate of drug-likeness (QED) is 0.651. The minimum Gasteiger partial charge on any atom is -0.358 e. The molecule has 1 N–H and O–H groups in total. The predicted molar refractivity (Wildman–Crippen MR) is 59.2 cm³/mol. The number of rotatable bonds is 0. The highest BCUT2D eigenvalue weighted by molar-refractivity contribution is 5.62. The van der Waals surface area contributed by atoms with Gasteiger partial charge in [-0.2, -0.15) is 0 Å². The van der Waals surface area contributed by atoms with E-state index in [0.29, 0.717) is 0 Å². The molecule has 0 amide bonds. The molecule has 1 aliphatic heterocycles. The third-order valence-corrected chi connectivity index (χ3v) is 2.95. The first-order valence-corrected chi connectivity index (χ1v) is 5.17. The van der Waals surface area contributed by atoms with Crippen LogP contribution in [0.5, 0.6) is 0 Å². The lowest BCUT2D eigenvalue weighted by Gasteiger charge is -2.25. The predicted octanol–water partition coefficient (Wildman–Crippen LogP) is 3.26. The maximum Gasteiger partial charge on any atom is 0.0417 e. The topological polar surface area (TPSA) is 12.0 Å². The molecule has 0 aromatic heterocycles. The van der Waals surface area contributed by atoms with Gasteiger partial charge in [0.1, 0.15) is 0 Å². The van der Waals surface area contributed by atoms with Crippen molar-refractivity contribution in [3.63, 3.8) is 0 Å². The fourth-order valence-electron chi connectivity index (χ4n) is 2.19. The zero-order chi connectivity index (χ0) is 9.38. The van der Waals surface area contributed by atoms with E-state index in [0.717, 1.165) is 6.42 Å². The van der Waals surface area contributed by atoms with E-state index in [1.165, 1.54) is 35.4 Å². The number of nitrogens with one attached hydrogen (secondary N) is 1. The number of allylic oxidation sites excluding steroid dienone is 4. The molecule has 0 unspecified atom stereocenters. The fraction of sp³-hybridized carbons (Fsp3) is 0.231. The Morgan fingerprint density at radius 1 is 1.14 bits per heavy atom. The lowest BCUT2D eigenvalue weighted by molar-refractivity contribution is 0.909. The summed E-state index contributed by atoms with van der Waals surface area (Å²) in [6.07, 6.45) is 7.97. The van der Waals surface area contributed by atoms with Gasteiger partial charge in [-0.25, -0.2) is 0 Å². The minimum absolute atomic E-state index is 1.09. The number of benzene rings is 1. The first kappa shape index (κ1) is 7.86. The molecule has 1 heterocycles. The molecule has 0 bridgehead atoms. The summed E-state index contributed by atoms with van der Waals surface area (Å²) in [4.78, 5) is 0. The summed E-state index contributed by atoms with van der Waals surface area (Å²) in [6.45, 7) is 0. The van der Waals surface area contributed by atoms with Gasteiger partial charge in [0, 0.05) is 17.8 Å². The monoisotopic (exact) mass is 183 g/mol. The molecule has 1 aromatic carbocycles. The largest absolute Gasteiger partial charge is 0.358 e. The van der Waals surface area contributed by atoms with E-state index < -0.39 is 0 Å². The van der Waals surface area contributed by atoms with Crippen LogP contribution in [0.25, 0.3) is 0 Å². The van der Waals surface area contributed by atoms with E-state index in [1.807, 2.05) is 0 Å². The van der Waals surface area contributed by atoms with E-state index in [1.54, 1.807) is 0 Å². The molecule has 0 radical (unpaired) electrons. The maximum absolute atomic E-state index is 3.53. The van der Waals surface area contributed by atoms with Crippen molar-refractivity contribution in [3.8, 4) is 0 Å². The molecule has 1 aromatic rings. The van der Waals surface area contributed by atoms with Crippen molar-refractivity contribution in [2.45, 2.75) is 19.3 Å². The van der Waals surface area contributed by atoms with Gasteiger partial charge in [-0.3, -0.25) is 0 Å². The Labute approximate surface area is 84.1 Å². The van der Waals surface area contributed by atoms with Crippen LogP contribution in [0.3, 0.4) is 0 Å². The van der Waals surface area contributed by atoms with Gasteiger partial charge in [-0.05, 0) is 30.0 Å². The molecule has 0 saturated heterocycles. The zero-order valence-corrected chi connectivity index (χ0v) is 8.09. The zero-order valence-electron chi connectivity index (χ0n) is 8.09. The number of hydrogen-bond acceptors (Lipinski definition) is 1. The smallest absolute Gasteiger partial charge is 0.0417 e. The third kappa shape index (κ3) is 1.17. The Hall–Kier alpha value is -1.50. The molecule has 1 nitrogen and oxygen atoms in total. The van der Waals surface area contributed by atoms with Crippen LogP contribution >= 0.6 is 0 Å². The summed E-state index contributed by atoms with van der Waals surface area (Å²) in [5, 5.41) is 3.53. The molecule has 1 aliphatic carbocycles. The molecule has 1 heteroatoms. The molecule has 2 aliphatic rings. The van der Waals surface area contributed by atoms with Crippen LogP contribution in [0, 0.1) is 0 Å². The van der Waals surface area contributed by atoms with E-state index in [9.17, 15) is 0 Å². The van der Waals surface area contributed by atoms with Gasteiger partial charge in [-0.1, -0.05) is 30.4 Å². The van der Waals surface area contributed by atoms with Gasteiger partial charge in [0.2, 0.25) is 0 Å². The molecule has 0 spiro atoms. The SMILES string of the molecule is C1=CC2=C(CC1)Nc1ccccc1C2. The Balaban J connectivity index is 2.03. The number of para-hydroxylation sites is 1. The van der Waals surface area contributed by atoms with Crippen LogP contribution in [-0.4, -0.2) is 0 Å². The van der Waals surface area contributed by atoms with Gasteiger partial charge < -0.3 is 5.32 Å². The normalized spacial score (nSPS) is 18.6. The van der Waals surface area contributed by atoms with Crippen molar-refractivity contribution >= 4 is 5.69 Å². The van der Waals surface area contributed by atoms with Gasteiger partial charge >= 0.3 is 0 Å². The average molecular weight is 183 g/mol. The molecule has 3 rings (SSSR count). The van der Waals surface area contributed by atoms with Crippen molar-refractivity contribution in [2.24, 2.45) is 0 Å². The van der Waals surface area contributed by atoms with Crippen molar-refractivity contribution in [3.05, 3.63) is 53.3 Å². The van der Waals surface area contributed by atoms with E-state index in [-0.39, 0.29) is 0 Å². The first-order valence-electron chi connectivity index (χ1n) is 5.17. The summed E-state index contributed by atoms with van der Waals surface area (Å²) in [7, 11) is 0. The fourth-order valence-corrected chi connectivity index (χ4v) is 2.19. The second-order valence-corrected chi connectivity index (χ2v) is 3.90. The van der Waals surface area contributed by atoms with Gasteiger partial charge in [0.05, 0.1) is 0 Å². The molecule has 70 valence electrons. The number of anilines is 1. The van der Waals surface area contributed by atoms with Crippen LogP contribution in [0.1, 0.15) is 18.4 Å². The van der Waals surface area contributed by atoms with Crippen molar-refractivity contribution in [1.82, 2.24) is 0 Å². The average Bonchev–Trinajstić information content (AvgIpc) is 2.26. The Bertz CT molecular complexity index is 427. The Morgan fingerprint density at radius 3 is 3.07 bits per heavy atom. The summed E-state index contributed by atoms with van der Waals surface area (Å²) >= 11 is 0. The summed E-state index contributed by atoms with van der Waals surface area (Å²) in [5.41, 5.74) is 5.60. The van der Waals surface area contributed by atoms with E-state index in [4.69, 9.17) is 0 Å². The van der Waals surface area contributed by atoms with Crippen LogP contribution in [0.4, 0.5) is 5.69 Å². The van der Waals surface area contributed by atoms with Gasteiger partial charge in [0.25, 0.3) is 0 Å². The molecule has 0 fully saturated rings. The van der Waals surface area contributed by atoms with Crippen molar-refractivity contribution < 1.29 is 0 Å². The lowest BCUT2D eigenvalue weighted by atomic mass is 9.92. The molecular weight excluding hydrogens is 170 g/mol. The standard InChI is InChI=1S/C13H13N/c1-3-7-12-10(5-1)9-11-6-2-4-8-13(11)14-12/h1-3,5-7,14H,4,8-9H2. The van der Waals surface area contributed by atoms with E-state index >= 15 is 0 Å². The highest BCUT2D eigenvalue weighted by atomic mass is 14.9. The second kappa shape index (κ2) is 3.02. The highest BCUT2D eigenvalue weighted by Gasteiger charge is 2.16. The molecular formula is C13H13N. The van der Waals surface area contributed by atoms with Crippen LogP contribution < -0.4 is 5.32 Å². The number of hydrogen-bond donors (Lipinski definition) is 1. The highest BCUT2D eigenvalue weighted by Crippen LogP contribution is 2.31. The van der Waals surface area contributed by atoms with Crippen LogP contribution in [-0.2, 0) is 6.42 Å². The van der Waals surface area contributed by atoms with Crippen molar-refractivity contribution in [1.29, 1.82) is 0 Å².